The normalized spacial score (nSPS) is 38.2. The van der Waals surface area contributed by atoms with Gasteiger partial charge in [0.15, 0.2) is 0 Å². The molecule has 5 heteroatoms. The van der Waals surface area contributed by atoms with E-state index >= 15 is 0 Å². The third kappa shape index (κ3) is 6.21. The van der Waals surface area contributed by atoms with Gasteiger partial charge in [0.1, 0.15) is 12.8 Å². The van der Waals surface area contributed by atoms with Crippen LogP contribution in [0.1, 0.15) is 98.8 Å². The fraction of sp³-hybridized carbons (Fsp3) is 0.812. The maximum atomic E-state index is 12.0. The minimum absolute atomic E-state index is 0.0605. The molecule has 1 fully saturated rings. The molecule has 0 amide bonds. The average molecular weight is 516 g/mol. The zero-order valence-corrected chi connectivity index (χ0v) is 24.0. The number of ether oxygens (including phenoxy) is 1. The summed E-state index contributed by atoms with van der Waals surface area (Å²) in [5, 5.41) is 37.5. The van der Waals surface area contributed by atoms with Crippen LogP contribution >= 0.6 is 0 Å². The summed E-state index contributed by atoms with van der Waals surface area (Å²) >= 11 is 0. The number of allylic oxidation sites excluding steroid dienone is 2. The van der Waals surface area contributed by atoms with E-state index < -0.39 is 18.4 Å². The van der Waals surface area contributed by atoms with Crippen LogP contribution in [0.3, 0.4) is 0 Å². The molecule has 0 saturated heterocycles. The molecule has 0 spiro atoms. The van der Waals surface area contributed by atoms with Gasteiger partial charge in [-0.05, 0) is 79.8 Å². The number of nitrogens with one attached hydrogen (secondary N) is 1. The van der Waals surface area contributed by atoms with Crippen LogP contribution < -0.4 is 5.32 Å². The van der Waals surface area contributed by atoms with Crippen molar-refractivity contribution in [3.63, 3.8) is 0 Å². The van der Waals surface area contributed by atoms with Gasteiger partial charge in [0.25, 0.3) is 0 Å². The molecule has 1 aliphatic heterocycles. The molecule has 3 aliphatic carbocycles. The SMILES string of the molecule is CCCC1NC(O)C(C(O)[C@@H]2C[C@H](C)CC[C@]2(C)C(C)C)C2=C1C=C(OCC(O)[C@H]1C=CCCC1)CC2. The minimum atomic E-state index is -0.741. The van der Waals surface area contributed by atoms with Crippen LogP contribution in [0.25, 0.3) is 0 Å². The third-order valence-electron chi connectivity index (χ3n) is 10.4. The van der Waals surface area contributed by atoms with Gasteiger partial charge in [0.2, 0.25) is 0 Å². The molecule has 0 aromatic rings. The first kappa shape index (κ1) is 28.9. The van der Waals surface area contributed by atoms with Gasteiger partial charge in [-0.15, -0.1) is 0 Å². The summed E-state index contributed by atoms with van der Waals surface area (Å²) in [6, 6.07) is 0.0605. The van der Waals surface area contributed by atoms with Crippen molar-refractivity contribution in [3.8, 4) is 0 Å². The molecule has 1 saturated carbocycles. The van der Waals surface area contributed by atoms with E-state index in [0.29, 0.717) is 18.4 Å². The predicted molar refractivity (Wildman–Crippen MR) is 150 cm³/mol. The third-order valence-corrected chi connectivity index (χ3v) is 10.4. The number of aliphatic hydroxyl groups excluding tert-OH is 3. The fourth-order valence-corrected chi connectivity index (χ4v) is 7.58. The van der Waals surface area contributed by atoms with Gasteiger partial charge in [0, 0.05) is 24.3 Å². The molecule has 4 aliphatic rings. The zero-order valence-electron chi connectivity index (χ0n) is 24.0. The van der Waals surface area contributed by atoms with Gasteiger partial charge in [-0.3, -0.25) is 5.32 Å². The summed E-state index contributed by atoms with van der Waals surface area (Å²) < 4.78 is 6.18. The van der Waals surface area contributed by atoms with Crippen molar-refractivity contribution < 1.29 is 20.1 Å². The lowest BCUT2D eigenvalue weighted by Gasteiger charge is -2.52. The largest absolute Gasteiger partial charge is 0.495 e. The van der Waals surface area contributed by atoms with Crippen molar-refractivity contribution in [1.29, 1.82) is 0 Å². The van der Waals surface area contributed by atoms with Crippen LogP contribution in [0.5, 0.6) is 0 Å². The molecule has 0 radical (unpaired) electrons. The highest BCUT2D eigenvalue weighted by molar-refractivity contribution is 5.40. The summed E-state index contributed by atoms with van der Waals surface area (Å²) in [6.07, 6.45) is 14.8. The Kier molecular flexibility index (Phi) is 9.64. The topological polar surface area (TPSA) is 82.0 Å². The van der Waals surface area contributed by atoms with Crippen LogP contribution in [0.2, 0.25) is 0 Å². The van der Waals surface area contributed by atoms with E-state index in [-0.39, 0.29) is 29.2 Å². The fourth-order valence-electron chi connectivity index (χ4n) is 7.58. The first-order chi connectivity index (χ1) is 17.7. The highest BCUT2D eigenvalue weighted by atomic mass is 16.5. The zero-order chi connectivity index (χ0) is 26.7. The van der Waals surface area contributed by atoms with E-state index in [9.17, 15) is 15.3 Å². The highest BCUT2D eigenvalue weighted by Crippen LogP contribution is 2.52. The molecule has 0 aromatic carbocycles. The predicted octanol–water partition coefficient (Wildman–Crippen LogP) is 5.86. The van der Waals surface area contributed by atoms with Crippen LogP contribution in [-0.4, -0.2) is 46.4 Å². The van der Waals surface area contributed by atoms with Gasteiger partial charge in [0.05, 0.1) is 18.0 Å². The lowest BCUT2D eigenvalue weighted by Crippen LogP contribution is -2.56. The van der Waals surface area contributed by atoms with Gasteiger partial charge in [-0.1, -0.05) is 65.2 Å². The molecule has 4 rings (SSSR count). The lowest BCUT2D eigenvalue weighted by molar-refractivity contribution is -0.0944. The van der Waals surface area contributed by atoms with Gasteiger partial charge >= 0.3 is 0 Å². The smallest absolute Gasteiger partial charge is 0.114 e. The van der Waals surface area contributed by atoms with Crippen molar-refractivity contribution in [3.05, 3.63) is 35.1 Å². The maximum Gasteiger partial charge on any atom is 0.114 e. The summed E-state index contributed by atoms with van der Waals surface area (Å²) in [7, 11) is 0. The molecule has 37 heavy (non-hydrogen) atoms. The van der Waals surface area contributed by atoms with E-state index in [1.54, 1.807) is 0 Å². The monoisotopic (exact) mass is 515 g/mol. The summed E-state index contributed by atoms with van der Waals surface area (Å²) in [5.41, 5.74) is 2.47. The summed E-state index contributed by atoms with van der Waals surface area (Å²) in [6.45, 7) is 11.7. The molecule has 1 heterocycles. The van der Waals surface area contributed by atoms with Crippen molar-refractivity contribution in [2.75, 3.05) is 6.61 Å². The lowest BCUT2D eigenvalue weighted by atomic mass is 9.56. The van der Waals surface area contributed by atoms with Gasteiger partial charge in [-0.2, -0.15) is 0 Å². The van der Waals surface area contributed by atoms with E-state index in [1.807, 2.05) is 0 Å². The Morgan fingerprint density at radius 1 is 1.19 bits per heavy atom. The van der Waals surface area contributed by atoms with Crippen LogP contribution in [-0.2, 0) is 4.74 Å². The number of hydrogen-bond acceptors (Lipinski definition) is 5. The quantitative estimate of drug-likeness (QED) is 0.289. The number of aliphatic hydroxyl groups is 3. The molecule has 210 valence electrons. The number of rotatable bonds is 9. The Balaban J connectivity index is 1.58. The van der Waals surface area contributed by atoms with Crippen molar-refractivity contribution in [2.45, 2.75) is 123 Å². The van der Waals surface area contributed by atoms with Crippen LogP contribution in [0, 0.1) is 35.0 Å². The van der Waals surface area contributed by atoms with Crippen LogP contribution in [0.4, 0.5) is 0 Å². The Morgan fingerprint density at radius 3 is 2.65 bits per heavy atom. The molecule has 5 unspecified atom stereocenters. The van der Waals surface area contributed by atoms with E-state index in [2.05, 4.69) is 58.2 Å². The minimum Gasteiger partial charge on any atom is -0.495 e. The van der Waals surface area contributed by atoms with E-state index in [0.717, 1.165) is 63.5 Å². The Hall–Kier alpha value is -1.14. The Morgan fingerprint density at radius 2 is 1.97 bits per heavy atom. The Bertz CT molecular complexity index is 863. The first-order valence-electron chi connectivity index (χ1n) is 15.2. The molecular weight excluding hydrogens is 462 g/mol. The molecule has 0 bridgehead atoms. The molecule has 5 nitrogen and oxygen atoms in total. The average Bonchev–Trinajstić information content (AvgIpc) is 2.89. The summed E-state index contributed by atoms with van der Waals surface area (Å²) in [5.74, 6) is 2.04. The second-order valence-electron chi connectivity index (χ2n) is 13.1. The van der Waals surface area contributed by atoms with Gasteiger partial charge in [-0.25, -0.2) is 0 Å². The van der Waals surface area contributed by atoms with Gasteiger partial charge < -0.3 is 20.1 Å². The maximum absolute atomic E-state index is 12.0. The highest BCUT2D eigenvalue weighted by Gasteiger charge is 2.50. The van der Waals surface area contributed by atoms with Crippen LogP contribution in [0.15, 0.2) is 35.1 Å². The van der Waals surface area contributed by atoms with Crippen molar-refractivity contribution in [1.82, 2.24) is 5.32 Å². The molecular formula is C32H53NO4. The first-order valence-corrected chi connectivity index (χ1v) is 15.2. The second kappa shape index (κ2) is 12.4. The standard InChI is InChI=1S/C32H53NO4/c1-6-10-27-25-18-23(37-19-28(34)22-11-8-7-9-12-22)13-14-24(25)29(31(36)33-27)30(35)26-17-21(4)15-16-32(26,5)20(2)3/h8,11,18,20-22,26-31,33-36H,6-7,9-10,12-17,19H2,1-5H3/t21-,22+,26+,27?,28?,29?,30?,31?,32-/m1/s1. The van der Waals surface area contributed by atoms with E-state index in [4.69, 9.17) is 4.74 Å². The van der Waals surface area contributed by atoms with Crippen molar-refractivity contribution >= 4 is 0 Å². The van der Waals surface area contributed by atoms with Crippen molar-refractivity contribution in [2.24, 2.45) is 35.0 Å². The second-order valence-corrected chi connectivity index (χ2v) is 13.1. The molecule has 0 aromatic heterocycles. The summed E-state index contributed by atoms with van der Waals surface area (Å²) in [4.78, 5) is 0. The Labute approximate surface area is 225 Å². The molecule has 9 atom stereocenters. The molecule has 4 N–H and O–H groups in total. The van der Waals surface area contributed by atoms with E-state index in [1.165, 1.54) is 17.6 Å². The number of hydrogen-bond donors (Lipinski definition) is 4.